The van der Waals surface area contributed by atoms with Gasteiger partial charge in [0.1, 0.15) is 5.15 Å². The summed E-state index contributed by atoms with van der Waals surface area (Å²) in [6.07, 6.45) is 0. The molecule has 106 valence electrons. The number of nitrogens with zero attached hydrogens (tertiary/aromatic N) is 3. The summed E-state index contributed by atoms with van der Waals surface area (Å²) < 4.78 is 5.42. The highest BCUT2D eigenvalue weighted by atomic mass is 35.5. The molecule has 0 N–H and O–H groups in total. The Labute approximate surface area is 131 Å². The monoisotopic (exact) mass is 307 g/mol. The van der Waals surface area contributed by atoms with Crippen LogP contribution in [0.1, 0.15) is 0 Å². The van der Waals surface area contributed by atoms with E-state index in [4.69, 9.17) is 16.1 Å². The van der Waals surface area contributed by atoms with E-state index in [0.29, 0.717) is 16.9 Å². The highest BCUT2D eigenvalue weighted by Crippen LogP contribution is 2.30. The molecule has 4 aromatic rings. The van der Waals surface area contributed by atoms with Crippen LogP contribution in [0.5, 0.6) is 0 Å². The van der Waals surface area contributed by atoms with Crippen molar-refractivity contribution in [3.63, 3.8) is 0 Å². The van der Waals surface area contributed by atoms with Crippen molar-refractivity contribution in [2.24, 2.45) is 0 Å². The number of rotatable bonds is 2. The van der Waals surface area contributed by atoms with Crippen LogP contribution in [0.3, 0.4) is 0 Å². The van der Waals surface area contributed by atoms with E-state index >= 15 is 0 Å². The first kappa shape index (κ1) is 13.0. The van der Waals surface area contributed by atoms with Gasteiger partial charge in [-0.25, -0.2) is 4.98 Å². The molecule has 5 heteroatoms. The molecular formula is C17H10ClN3O. The third kappa shape index (κ3) is 2.23. The Hall–Kier alpha value is -2.72. The molecule has 0 spiro atoms. The van der Waals surface area contributed by atoms with Crippen LogP contribution in [0.25, 0.3) is 33.7 Å². The molecule has 0 radical (unpaired) electrons. The van der Waals surface area contributed by atoms with Gasteiger partial charge in [-0.15, -0.1) is 0 Å². The van der Waals surface area contributed by atoms with E-state index in [9.17, 15) is 0 Å². The summed E-state index contributed by atoms with van der Waals surface area (Å²) in [4.78, 5) is 8.78. The number of para-hydroxylation sites is 1. The lowest BCUT2D eigenvalue weighted by Gasteiger charge is -2.02. The van der Waals surface area contributed by atoms with Gasteiger partial charge in [0.2, 0.25) is 5.82 Å². The quantitative estimate of drug-likeness (QED) is 0.508. The Bertz CT molecular complexity index is 950. The summed E-state index contributed by atoms with van der Waals surface area (Å²) in [5.41, 5.74) is 2.48. The molecule has 0 unspecified atom stereocenters. The highest BCUT2D eigenvalue weighted by molar-refractivity contribution is 6.30. The van der Waals surface area contributed by atoms with Gasteiger partial charge in [0.05, 0.1) is 11.1 Å². The third-order valence-electron chi connectivity index (χ3n) is 3.37. The average Bonchev–Trinajstić information content (AvgIpc) is 3.05. The minimum absolute atomic E-state index is 0.396. The van der Waals surface area contributed by atoms with Gasteiger partial charge in [0.15, 0.2) is 0 Å². The molecule has 2 aromatic carbocycles. The number of halogens is 1. The Kier molecular flexibility index (Phi) is 3.09. The molecule has 4 rings (SSSR count). The highest BCUT2D eigenvalue weighted by Gasteiger charge is 2.14. The molecule has 22 heavy (non-hydrogen) atoms. The van der Waals surface area contributed by atoms with Crippen molar-refractivity contribution < 1.29 is 4.52 Å². The van der Waals surface area contributed by atoms with Gasteiger partial charge in [0.25, 0.3) is 5.89 Å². The van der Waals surface area contributed by atoms with E-state index in [0.717, 1.165) is 22.0 Å². The first-order chi connectivity index (χ1) is 10.8. The fourth-order valence-corrected chi connectivity index (χ4v) is 2.56. The summed E-state index contributed by atoms with van der Waals surface area (Å²) in [5.74, 6) is 0.979. The summed E-state index contributed by atoms with van der Waals surface area (Å²) in [6.45, 7) is 0. The maximum Gasteiger partial charge on any atom is 0.259 e. The molecule has 4 nitrogen and oxygen atoms in total. The van der Waals surface area contributed by atoms with Gasteiger partial charge in [-0.2, -0.15) is 4.98 Å². The first-order valence-electron chi connectivity index (χ1n) is 6.76. The summed E-state index contributed by atoms with van der Waals surface area (Å²) in [7, 11) is 0. The molecule has 0 aliphatic carbocycles. The zero-order valence-corrected chi connectivity index (χ0v) is 12.2. The van der Waals surface area contributed by atoms with Crippen LogP contribution in [0.15, 0.2) is 65.2 Å². The fourth-order valence-electron chi connectivity index (χ4n) is 2.36. The smallest absolute Gasteiger partial charge is 0.259 e. The zero-order valence-electron chi connectivity index (χ0n) is 11.4. The van der Waals surface area contributed by atoms with Crippen LogP contribution in [0, 0.1) is 0 Å². The number of hydrogen-bond acceptors (Lipinski definition) is 4. The topological polar surface area (TPSA) is 51.8 Å². The largest absolute Gasteiger partial charge is 0.334 e. The lowest BCUT2D eigenvalue weighted by Crippen LogP contribution is -1.86. The van der Waals surface area contributed by atoms with E-state index < -0.39 is 0 Å². The van der Waals surface area contributed by atoms with E-state index in [2.05, 4.69) is 15.1 Å². The first-order valence-corrected chi connectivity index (χ1v) is 7.14. The van der Waals surface area contributed by atoms with Gasteiger partial charge in [-0.3, -0.25) is 0 Å². The van der Waals surface area contributed by atoms with Crippen molar-refractivity contribution in [3.8, 4) is 22.8 Å². The van der Waals surface area contributed by atoms with Crippen molar-refractivity contribution in [2.75, 3.05) is 0 Å². The molecular weight excluding hydrogens is 298 g/mol. The van der Waals surface area contributed by atoms with E-state index in [1.54, 1.807) is 6.07 Å². The lowest BCUT2D eigenvalue weighted by molar-refractivity contribution is 0.432. The molecule has 0 saturated heterocycles. The van der Waals surface area contributed by atoms with E-state index in [1.165, 1.54) is 0 Å². The summed E-state index contributed by atoms with van der Waals surface area (Å²) in [5, 5.41) is 5.37. The van der Waals surface area contributed by atoms with Crippen LogP contribution >= 0.6 is 11.6 Å². The summed E-state index contributed by atoms with van der Waals surface area (Å²) >= 11 is 6.10. The zero-order chi connectivity index (χ0) is 14.9. The van der Waals surface area contributed by atoms with Crippen molar-refractivity contribution in [1.82, 2.24) is 15.1 Å². The van der Waals surface area contributed by atoms with Crippen molar-refractivity contribution >= 4 is 22.5 Å². The lowest BCUT2D eigenvalue weighted by atomic mass is 10.1. The van der Waals surface area contributed by atoms with Gasteiger partial charge in [0, 0.05) is 10.9 Å². The number of pyridine rings is 1. The summed E-state index contributed by atoms with van der Waals surface area (Å²) in [6, 6.07) is 19.1. The molecule has 0 amide bonds. The van der Waals surface area contributed by atoms with Gasteiger partial charge >= 0.3 is 0 Å². The Morgan fingerprint density at radius 3 is 2.50 bits per heavy atom. The minimum Gasteiger partial charge on any atom is -0.334 e. The molecule has 0 saturated carbocycles. The number of hydrogen-bond donors (Lipinski definition) is 0. The SMILES string of the molecule is Clc1cc(-c2nc(-c3ccccc3)no2)c2ccccc2n1. The number of benzene rings is 2. The van der Waals surface area contributed by atoms with E-state index in [1.807, 2.05) is 54.6 Å². The Morgan fingerprint density at radius 1 is 0.864 bits per heavy atom. The number of aromatic nitrogens is 3. The maximum absolute atomic E-state index is 6.10. The number of fused-ring (bicyclic) bond motifs is 1. The van der Waals surface area contributed by atoms with Gasteiger partial charge in [-0.1, -0.05) is 65.3 Å². The average molecular weight is 308 g/mol. The molecule has 0 fully saturated rings. The third-order valence-corrected chi connectivity index (χ3v) is 3.57. The predicted molar refractivity (Wildman–Crippen MR) is 85.5 cm³/mol. The predicted octanol–water partition coefficient (Wildman–Crippen LogP) is 4.61. The standard InChI is InChI=1S/C17H10ClN3O/c18-15-10-13(12-8-4-5-9-14(12)19-15)17-20-16(21-22-17)11-6-2-1-3-7-11/h1-10H. The molecule has 2 heterocycles. The maximum atomic E-state index is 6.10. The van der Waals surface area contributed by atoms with Crippen LogP contribution in [0.2, 0.25) is 5.15 Å². The van der Waals surface area contributed by atoms with Gasteiger partial charge in [-0.05, 0) is 12.1 Å². The molecule has 0 aliphatic rings. The molecule has 0 atom stereocenters. The van der Waals surface area contributed by atoms with Crippen LogP contribution < -0.4 is 0 Å². The fraction of sp³-hybridized carbons (Fsp3) is 0. The van der Waals surface area contributed by atoms with E-state index in [-0.39, 0.29) is 0 Å². The van der Waals surface area contributed by atoms with Crippen LogP contribution in [-0.4, -0.2) is 15.1 Å². The second-order valence-electron chi connectivity index (χ2n) is 4.80. The van der Waals surface area contributed by atoms with Gasteiger partial charge < -0.3 is 4.52 Å². The Morgan fingerprint density at radius 2 is 1.64 bits per heavy atom. The normalized spacial score (nSPS) is 11.0. The molecule has 2 aromatic heterocycles. The van der Waals surface area contributed by atoms with Crippen LogP contribution in [-0.2, 0) is 0 Å². The second kappa shape index (κ2) is 5.24. The molecule has 0 aliphatic heterocycles. The van der Waals surface area contributed by atoms with Crippen LogP contribution in [0.4, 0.5) is 0 Å². The Balaban J connectivity index is 1.88. The van der Waals surface area contributed by atoms with Crippen molar-refractivity contribution in [3.05, 3.63) is 65.8 Å². The second-order valence-corrected chi connectivity index (χ2v) is 5.19. The molecule has 0 bridgehead atoms. The minimum atomic E-state index is 0.396. The van der Waals surface area contributed by atoms with Crippen molar-refractivity contribution in [2.45, 2.75) is 0 Å². The van der Waals surface area contributed by atoms with Crippen molar-refractivity contribution in [1.29, 1.82) is 0 Å².